The first-order valence-corrected chi connectivity index (χ1v) is 6.33. The van der Waals surface area contributed by atoms with Crippen LogP contribution in [-0.4, -0.2) is 34.4 Å². The lowest BCUT2D eigenvalue weighted by Crippen LogP contribution is -2.30. The van der Waals surface area contributed by atoms with Gasteiger partial charge in [-0.1, -0.05) is 6.92 Å². The van der Waals surface area contributed by atoms with Crippen LogP contribution < -0.4 is 11.1 Å². The Morgan fingerprint density at radius 3 is 3.00 bits per heavy atom. The number of nitrogens with two attached hydrogens (primary N) is 1. The van der Waals surface area contributed by atoms with Crippen molar-refractivity contribution in [2.24, 2.45) is 12.8 Å². The van der Waals surface area contributed by atoms with Crippen molar-refractivity contribution in [1.82, 2.24) is 9.78 Å². The number of aromatic nitrogens is 2. The number of nitrogens with zero attached hydrogens (tertiary/aromatic N) is 2. The minimum absolute atomic E-state index is 0.0125. The van der Waals surface area contributed by atoms with Crippen LogP contribution in [0.2, 0.25) is 0 Å². The molecule has 1 aliphatic rings. The highest BCUT2D eigenvalue weighted by Crippen LogP contribution is 2.20. The maximum absolute atomic E-state index is 12.0. The molecule has 6 heteroatoms. The number of hydrogen-bond acceptors (Lipinski definition) is 4. The zero-order valence-electron chi connectivity index (χ0n) is 10.8. The Morgan fingerprint density at radius 2 is 2.44 bits per heavy atom. The van der Waals surface area contributed by atoms with E-state index in [1.807, 2.05) is 20.0 Å². The van der Waals surface area contributed by atoms with E-state index in [0.717, 1.165) is 25.0 Å². The van der Waals surface area contributed by atoms with E-state index in [-0.39, 0.29) is 12.0 Å². The first-order chi connectivity index (χ1) is 8.63. The van der Waals surface area contributed by atoms with Gasteiger partial charge in [0.2, 0.25) is 0 Å². The minimum atomic E-state index is -0.390. The second-order valence-electron chi connectivity index (χ2n) is 4.55. The molecule has 2 heterocycles. The highest BCUT2D eigenvalue weighted by Gasteiger charge is 2.30. The summed E-state index contributed by atoms with van der Waals surface area (Å²) < 4.78 is 7.22. The molecular weight excluding hydrogens is 232 g/mol. The molecule has 1 amide bonds. The van der Waals surface area contributed by atoms with Crippen LogP contribution >= 0.6 is 0 Å². The molecule has 1 fully saturated rings. The lowest BCUT2D eigenvalue weighted by molar-refractivity contribution is -0.126. The maximum Gasteiger partial charge on any atom is 0.254 e. The van der Waals surface area contributed by atoms with Gasteiger partial charge in [0.05, 0.1) is 11.8 Å². The number of aryl methyl sites for hydroxylation is 2. The summed E-state index contributed by atoms with van der Waals surface area (Å²) in [7, 11) is 1.81. The molecule has 0 radical (unpaired) electrons. The molecule has 100 valence electrons. The van der Waals surface area contributed by atoms with Gasteiger partial charge in [-0.05, 0) is 19.3 Å². The average Bonchev–Trinajstić information content (AvgIpc) is 2.96. The van der Waals surface area contributed by atoms with Gasteiger partial charge in [-0.15, -0.1) is 0 Å². The fourth-order valence-electron chi connectivity index (χ4n) is 2.10. The van der Waals surface area contributed by atoms with Crippen LogP contribution in [0.4, 0.5) is 5.82 Å². The number of hydrogen-bond donors (Lipinski definition) is 2. The predicted octanol–water partition coefficient (Wildman–Crippen LogP) is 0.427. The van der Waals surface area contributed by atoms with Gasteiger partial charge in [-0.25, -0.2) is 0 Å². The van der Waals surface area contributed by atoms with Gasteiger partial charge in [0.1, 0.15) is 11.9 Å². The van der Waals surface area contributed by atoms with Crippen LogP contribution in [0, 0.1) is 0 Å². The zero-order chi connectivity index (χ0) is 13.1. The summed E-state index contributed by atoms with van der Waals surface area (Å²) in [4.78, 5) is 12.0. The Hall–Kier alpha value is -1.40. The van der Waals surface area contributed by atoms with Gasteiger partial charge in [0.15, 0.2) is 0 Å². The summed E-state index contributed by atoms with van der Waals surface area (Å²) in [6.45, 7) is 2.50. The number of amides is 1. The van der Waals surface area contributed by atoms with Gasteiger partial charge < -0.3 is 15.8 Å². The third kappa shape index (κ3) is 2.70. The molecule has 18 heavy (non-hydrogen) atoms. The summed E-state index contributed by atoms with van der Waals surface area (Å²) in [5, 5.41) is 7.13. The summed E-state index contributed by atoms with van der Waals surface area (Å²) in [6, 6.07) is 1.88. The second kappa shape index (κ2) is 5.49. The van der Waals surface area contributed by atoms with Crippen molar-refractivity contribution >= 4 is 11.7 Å². The summed E-state index contributed by atoms with van der Waals surface area (Å²) in [6.07, 6.45) is 2.04. The van der Waals surface area contributed by atoms with Crippen molar-refractivity contribution in [3.8, 4) is 0 Å². The molecule has 0 spiro atoms. The highest BCUT2D eigenvalue weighted by molar-refractivity contribution is 5.93. The monoisotopic (exact) mass is 252 g/mol. The van der Waals surface area contributed by atoms with E-state index < -0.39 is 6.10 Å². The molecule has 1 aromatic heterocycles. The molecule has 6 nitrogen and oxygen atoms in total. The number of ether oxygens (including phenoxy) is 1. The van der Waals surface area contributed by atoms with Gasteiger partial charge in [-0.3, -0.25) is 9.48 Å². The molecule has 1 saturated heterocycles. The van der Waals surface area contributed by atoms with E-state index in [9.17, 15) is 4.79 Å². The Balaban J connectivity index is 1.96. The van der Waals surface area contributed by atoms with Gasteiger partial charge in [0, 0.05) is 19.7 Å². The number of carbonyl (C=O) groups excluding carboxylic acids is 1. The summed E-state index contributed by atoms with van der Waals surface area (Å²) >= 11 is 0. The Bertz CT molecular complexity index is 430. The Labute approximate surface area is 106 Å². The van der Waals surface area contributed by atoms with Crippen LogP contribution in [0.3, 0.4) is 0 Å². The average molecular weight is 252 g/mol. The van der Waals surface area contributed by atoms with Crippen molar-refractivity contribution in [2.75, 3.05) is 11.9 Å². The van der Waals surface area contributed by atoms with Crippen LogP contribution in [0.1, 0.15) is 25.5 Å². The van der Waals surface area contributed by atoms with Crippen molar-refractivity contribution in [3.63, 3.8) is 0 Å². The van der Waals surface area contributed by atoms with Crippen molar-refractivity contribution in [2.45, 2.75) is 38.4 Å². The third-order valence-corrected chi connectivity index (χ3v) is 3.21. The Kier molecular flexibility index (Phi) is 3.98. The van der Waals surface area contributed by atoms with E-state index >= 15 is 0 Å². The van der Waals surface area contributed by atoms with E-state index in [2.05, 4.69) is 10.4 Å². The predicted molar refractivity (Wildman–Crippen MR) is 68.2 cm³/mol. The fraction of sp³-hybridized carbons (Fsp3) is 0.667. The van der Waals surface area contributed by atoms with Crippen molar-refractivity contribution in [3.05, 3.63) is 11.8 Å². The van der Waals surface area contributed by atoms with Gasteiger partial charge in [-0.2, -0.15) is 5.10 Å². The molecule has 0 aliphatic carbocycles. The van der Waals surface area contributed by atoms with Gasteiger partial charge >= 0.3 is 0 Å². The molecule has 1 aromatic rings. The van der Waals surface area contributed by atoms with Crippen LogP contribution in [0.25, 0.3) is 0 Å². The first kappa shape index (κ1) is 13.0. The molecule has 0 aromatic carbocycles. The number of carbonyl (C=O) groups is 1. The highest BCUT2D eigenvalue weighted by atomic mass is 16.5. The number of anilines is 1. The molecule has 2 rings (SSSR count). The molecule has 0 bridgehead atoms. The maximum atomic E-state index is 12.0. The molecule has 0 unspecified atom stereocenters. The first-order valence-electron chi connectivity index (χ1n) is 6.33. The number of nitrogens with one attached hydrogen (secondary N) is 1. The molecule has 2 atom stereocenters. The fourth-order valence-corrected chi connectivity index (χ4v) is 2.10. The van der Waals surface area contributed by atoms with E-state index in [0.29, 0.717) is 12.4 Å². The normalized spacial score (nSPS) is 23.3. The molecular formula is C12H20N4O2. The largest absolute Gasteiger partial charge is 0.364 e. The summed E-state index contributed by atoms with van der Waals surface area (Å²) in [5.74, 6) is 0.591. The van der Waals surface area contributed by atoms with Crippen LogP contribution in [-0.2, 0) is 23.0 Å². The number of rotatable bonds is 4. The van der Waals surface area contributed by atoms with Crippen molar-refractivity contribution in [1.29, 1.82) is 0 Å². The SMILES string of the molecule is CCc1cc(NC(=O)[C@@H]2CC[C@H](CN)O2)n(C)n1. The van der Waals surface area contributed by atoms with Crippen LogP contribution in [0.15, 0.2) is 6.07 Å². The lowest BCUT2D eigenvalue weighted by atomic mass is 10.2. The second-order valence-corrected chi connectivity index (χ2v) is 4.55. The lowest BCUT2D eigenvalue weighted by Gasteiger charge is -2.12. The molecule has 1 aliphatic heterocycles. The smallest absolute Gasteiger partial charge is 0.254 e. The molecule has 3 N–H and O–H groups in total. The third-order valence-electron chi connectivity index (χ3n) is 3.21. The van der Waals surface area contributed by atoms with Gasteiger partial charge in [0.25, 0.3) is 5.91 Å². The van der Waals surface area contributed by atoms with Crippen LogP contribution in [0.5, 0.6) is 0 Å². The quantitative estimate of drug-likeness (QED) is 0.814. The zero-order valence-corrected chi connectivity index (χ0v) is 10.8. The minimum Gasteiger partial charge on any atom is -0.364 e. The molecule has 0 saturated carbocycles. The van der Waals surface area contributed by atoms with E-state index in [4.69, 9.17) is 10.5 Å². The Morgan fingerprint density at radius 1 is 1.67 bits per heavy atom. The van der Waals surface area contributed by atoms with E-state index in [1.165, 1.54) is 0 Å². The standard InChI is InChI=1S/C12H20N4O2/c1-3-8-6-11(16(2)15-8)14-12(17)10-5-4-9(7-13)18-10/h6,9-10H,3-5,7,13H2,1-2H3,(H,14,17)/t9-,10+/m1/s1. The van der Waals surface area contributed by atoms with E-state index in [1.54, 1.807) is 4.68 Å². The van der Waals surface area contributed by atoms with Crippen molar-refractivity contribution < 1.29 is 9.53 Å². The topological polar surface area (TPSA) is 82.2 Å². The summed E-state index contributed by atoms with van der Waals surface area (Å²) in [5.41, 5.74) is 6.48.